The van der Waals surface area contributed by atoms with Crippen molar-refractivity contribution < 1.29 is 14.8 Å². The number of aliphatic hydroxyl groups excluding tert-OH is 1. The van der Waals surface area contributed by atoms with Crippen molar-refractivity contribution >= 4 is 23.4 Å². The summed E-state index contributed by atoms with van der Waals surface area (Å²) in [6, 6.07) is 4.40. The summed E-state index contributed by atoms with van der Waals surface area (Å²) in [5.74, 6) is -0.390. The minimum absolute atomic E-state index is 0.0428. The van der Waals surface area contributed by atoms with Crippen LogP contribution in [0.3, 0.4) is 0 Å². The van der Waals surface area contributed by atoms with Gasteiger partial charge in [-0.25, -0.2) is 0 Å². The molecule has 6 nitrogen and oxygen atoms in total. The van der Waals surface area contributed by atoms with E-state index in [1.165, 1.54) is 17.8 Å². The Morgan fingerprint density at radius 3 is 2.65 bits per heavy atom. The van der Waals surface area contributed by atoms with Gasteiger partial charge in [0.2, 0.25) is 0 Å². The lowest BCUT2D eigenvalue weighted by atomic mass is 10.0. The van der Waals surface area contributed by atoms with E-state index in [1.54, 1.807) is 32.2 Å². The van der Waals surface area contributed by atoms with Crippen LogP contribution < -0.4 is 5.32 Å². The maximum absolute atomic E-state index is 12.1. The molecule has 1 aromatic carbocycles. The van der Waals surface area contributed by atoms with Gasteiger partial charge in [-0.1, -0.05) is 0 Å². The van der Waals surface area contributed by atoms with Crippen LogP contribution in [0.1, 0.15) is 30.6 Å². The summed E-state index contributed by atoms with van der Waals surface area (Å²) in [6.45, 7) is 3.52. The number of nitrogens with zero attached hydrogens (tertiary/aromatic N) is 1. The summed E-state index contributed by atoms with van der Waals surface area (Å²) in [7, 11) is 0. The zero-order valence-electron chi connectivity index (χ0n) is 11.7. The van der Waals surface area contributed by atoms with Gasteiger partial charge < -0.3 is 10.4 Å². The van der Waals surface area contributed by atoms with E-state index in [0.29, 0.717) is 11.3 Å². The maximum atomic E-state index is 12.1. The number of carbonyl (C=O) groups is 1. The SMILES string of the molecule is CSc1ccc(C(=O)NC(C)(C)CCO)cc1[N+](=O)[O-]. The van der Waals surface area contributed by atoms with E-state index in [2.05, 4.69) is 5.32 Å². The monoisotopic (exact) mass is 298 g/mol. The van der Waals surface area contributed by atoms with Crippen LogP contribution >= 0.6 is 11.8 Å². The summed E-state index contributed by atoms with van der Waals surface area (Å²) in [6.07, 6.45) is 2.15. The van der Waals surface area contributed by atoms with Gasteiger partial charge in [0.15, 0.2) is 0 Å². The van der Waals surface area contributed by atoms with Gasteiger partial charge in [-0.15, -0.1) is 11.8 Å². The fourth-order valence-corrected chi connectivity index (χ4v) is 2.24. The standard InChI is InChI=1S/C13H18N2O4S/c1-13(2,6-7-16)14-12(17)9-4-5-11(20-3)10(8-9)15(18)19/h4-5,8,16H,6-7H2,1-3H3,(H,14,17). The second kappa shape index (κ2) is 6.71. The van der Waals surface area contributed by atoms with Crippen molar-refractivity contribution in [3.05, 3.63) is 33.9 Å². The number of carbonyl (C=O) groups excluding carboxylic acids is 1. The molecule has 1 aromatic rings. The lowest BCUT2D eigenvalue weighted by Gasteiger charge is -2.25. The quantitative estimate of drug-likeness (QED) is 0.477. The van der Waals surface area contributed by atoms with E-state index in [4.69, 9.17) is 5.11 Å². The summed E-state index contributed by atoms with van der Waals surface area (Å²) >= 11 is 1.26. The highest BCUT2D eigenvalue weighted by Crippen LogP contribution is 2.28. The lowest BCUT2D eigenvalue weighted by molar-refractivity contribution is -0.387. The average Bonchev–Trinajstić information content (AvgIpc) is 2.37. The molecule has 2 N–H and O–H groups in total. The smallest absolute Gasteiger partial charge is 0.283 e. The van der Waals surface area contributed by atoms with E-state index in [1.807, 2.05) is 0 Å². The zero-order valence-corrected chi connectivity index (χ0v) is 12.5. The predicted octanol–water partition coefficient (Wildman–Crippen LogP) is 2.21. The normalized spacial score (nSPS) is 11.2. The number of nitro groups is 1. The molecule has 20 heavy (non-hydrogen) atoms. The van der Waals surface area contributed by atoms with E-state index in [-0.39, 0.29) is 23.8 Å². The molecule has 0 aliphatic carbocycles. The van der Waals surface area contributed by atoms with Crippen molar-refractivity contribution in [1.82, 2.24) is 5.32 Å². The van der Waals surface area contributed by atoms with Crippen molar-refractivity contribution in [3.63, 3.8) is 0 Å². The number of hydrogen-bond acceptors (Lipinski definition) is 5. The molecule has 0 aliphatic rings. The molecular weight excluding hydrogens is 280 g/mol. The number of rotatable bonds is 6. The van der Waals surface area contributed by atoms with Gasteiger partial charge in [-0.2, -0.15) is 0 Å². The molecular formula is C13H18N2O4S. The highest BCUT2D eigenvalue weighted by Gasteiger charge is 2.22. The minimum atomic E-state index is -0.571. The number of nitrogens with one attached hydrogen (secondary N) is 1. The van der Waals surface area contributed by atoms with Gasteiger partial charge in [-0.3, -0.25) is 14.9 Å². The second-order valence-corrected chi connectivity index (χ2v) is 5.80. The molecule has 0 unspecified atom stereocenters. The third kappa shape index (κ3) is 4.21. The van der Waals surface area contributed by atoms with E-state index >= 15 is 0 Å². The number of benzene rings is 1. The molecule has 0 bridgehead atoms. The van der Waals surface area contributed by atoms with Crippen LogP contribution in [-0.2, 0) is 0 Å². The number of hydrogen-bond donors (Lipinski definition) is 2. The fraction of sp³-hybridized carbons (Fsp3) is 0.462. The van der Waals surface area contributed by atoms with Gasteiger partial charge in [0.05, 0.1) is 9.82 Å². The van der Waals surface area contributed by atoms with Crippen LogP contribution in [0.25, 0.3) is 0 Å². The predicted molar refractivity (Wildman–Crippen MR) is 78.1 cm³/mol. The number of aliphatic hydroxyl groups is 1. The number of thioether (sulfide) groups is 1. The van der Waals surface area contributed by atoms with Gasteiger partial charge in [0.25, 0.3) is 11.6 Å². The Bertz CT molecular complexity index is 517. The van der Waals surface area contributed by atoms with E-state index < -0.39 is 10.5 Å². The first-order valence-electron chi connectivity index (χ1n) is 6.06. The molecule has 1 rings (SSSR count). The molecule has 0 radical (unpaired) electrons. The van der Waals surface area contributed by atoms with Crippen molar-refractivity contribution in [2.24, 2.45) is 0 Å². The Balaban J connectivity index is 3.00. The topological polar surface area (TPSA) is 92.5 Å². The summed E-state index contributed by atoms with van der Waals surface area (Å²) in [5, 5.41) is 22.6. The summed E-state index contributed by atoms with van der Waals surface area (Å²) in [4.78, 5) is 23.1. The molecule has 0 spiro atoms. The molecule has 0 saturated heterocycles. The molecule has 0 aromatic heterocycles. The van der Waals surface area contributed by atoms with Gasteiger partial charge >= 0.3 is 0 Å². The van der Waals surface area contributed by atoms with Crippen molar-refractivity contribution in [1.29, 1.82) is 0 Å². The first-order valence-corrected chi connectivity index (χ1v) is 7.29. The van der Waals surface area contributed by atoms with Crippen molar-refractivity contribution in [2.75, 3.05) is 12.9 Å². The van der Waals surface area contributed by atoms with Crippen LogP contribution in [0.2, 0.25) is 0 Å². The molecule has 0 aliphatic heterocycles. The molecule has 0 saturated carbocycles. The minimum Gasteiger partial charge on any atom is -0.396 e. The van der Waals surface area contributed by atoms with Crippen LogP contribution in [0, 0.1) is 10.1 Å². The van der Waals surface area contributed by atoms with Gasteiger partial charge in [-0.05, 0) is 38.7 Å². The fourth-order valence-electron chi connectivity index (χ4n) is 1.70. The first kappa shape index (κ1) is 16.5. The van der Waals surface area contributed by atoms with Crippen LogP contribution in [0.4, 0.5) is 5.69 Å². The summed E-state index contributed by atoms with van der Waals surface area (Å²) < 4.78 is 0. The Morgan fingerprint density at radius 2 is 2.15 bits per heavy atom. The molecule has 0 atom stereocenters. The largest absolute Gasteiger partial charge is 0.396 e. The van der Waals surface area contributed by atoms with Gasteiger partial charge in [0.1, 0.15) is 0 Å². The Hall–Kier alpha value is -1.60. The highest BCUT2D eigenvalue weighted by molar-refractivity contribution is 7.98. The van der Waals surface area contributed by atoms with Crippen molar-refractivity contribution in [2.45, 2.75) is 30.7 Å². The third-order valence-corrected chi connectivity index (χ3v) is 3.61. The average molecular weight is 298 g/mol. The zero-order chi connectivity index (χ0) is 15.3. The molecule has 1 amide bonds. The molecule has 0 heterocycles. The number of amides is 1. The first-order chi connectivity index (χ1) is 9.30. The number of nitro benzene ring substituents is 1. The Kier molecular flexibility index (Phi) is 5.52. The molecule has 0 fully saturated rings. The van der Waals surface area contributed by atoms with Gasteiger partial charge in [0, 0.05) is 23.8 Å². The van der Waals surface area contributed by atoms with Crippen LogP contribution in [0.5, 0.6) is 0 Å². The van der Waals surface area contributed by atoms with Crippen LogP contribution in [-0.4, -0.2) is 34.3 Å². The van der Waals surface area contributed by atoms with E-state index in [9.17, 15) is 14.9 Å². The summed E-state index contributed by atoms with van der Waals surface area (Å²) in [5.41, 5.74) is -0.413. The Labute approximate surface area is 121 Å². The molecule has 110 valence electrons. The van der Waals surface area contributed by atoms with E-state index in [0.717, 1.165) is 0 Å². The maximum Gasteiger partial charge on any atom is 0.283 e. The van der Waals surface area contributed by atoms with Crippen molar-refractivity contribution in [3.8, 4) is 0 Å². The highest BCUT2D eigenvalue weighted by atomic mass is 32.2. The Morgan fingerprint density at radius 1 is 1.50 bits per heavy atom. The third-order valence-electron chi connectivity index (χ3n) is 2.83. The lowest BCUT2D eigenvalue weighted by Crippen LogP contribution is -2.44. The molecule has 7 heteroatoms. The van der Waals surface area contributed by atoms with Crippen LogP contribution in [0.15, 0.2) is 23.1 Å². The second-order valence-electron chi connectivity index (χ2n) is 4.96.